The highest BCUT2D eigenvalue weighted by Crippen LogP contribution is 2.29. The minimum absolute atomic E-state index is 0.0235. The van der Waals surface area contributed by atoms with Crippen LogP contribution in [-0.2, 0) is 19.2 Å². The lowest BCUT2D eigenvalue weighted by atomic mass is 9.72. The fourth-order valence-electron chi connectivity index (χ4n) is 3.32. The Balaban J connectivity index is 4.14. The molecule has 0 saturated heterocycles. The molecular formula is C22H36O5. The zero-order valence-corrected chi connectivity index (χ0v) is 17.2. The second-order valence-corrected chi connectivity index (χ2v) is 7.28. The smallest absolute Gasteiger partial charge is 0.373 e. The molecule has 0 aromatic heterocycles. The number of rotatable bonds is 17. The van der Waals surface area contributed by atoms with Gasteiger partial charge in [-0.2, -0.15) is 0 Å². The van der Waals surface area contributed by atoms with Gasteiger partial charge in [-0.05, 0) is 46.0 Å². The summed E-state index contributed by atoms with van der Waals surface area (Å²) in [6.07, 6.45) is 16.2. The lowest BCUT2D eigenvalue weighted by molar-refractivity contribution is -0.160. The number of hydrogen-bond donors (Lipinski definition) is 1. The Morgan fingerprint density at radius 3 is 1.63 bits per heavy atom. The molecular weight excluding hydrogens is 344 g/mol. The Morgan fingerprint density at radius 1 is 0.741 bits per heavy atom. The zero-order valence-electron chi connectivity index (χ0n) is 17.2. The van der Waals surface area contributed by atoms with E-state index in [1.165, 1.54) is 38.5 Å². The van der Waals surface area contributed by atoms with E-state index in [0.29, 0.717) is 6.42 Å². The normalized spacial score (nSPS) is 11.7. The Labute approximate surface area is 163 Å². The fourth-order valence-corrected chi connectivity index (χ4v) is 3.32. The molecule has 0 heterocycles. The summed E-state index contributed by atoms with van der Waals surface area (Å²) in [4.78, 5) is 46.7. The number of allylic oxidation sites excluding steroid dienone is 2. The van der Waals surface area contributed by atoms with E-state index in [0.717, 1.165) is 39.5 Å². The summed E-state index contributed by atoms with van der Waals surface area (Å²) >= 11 is 0. The molecule has 0 radical (unpaired) electrons. The lowest BCUT2D eigenvalue weighted by Gasteiger charge is -2.25. The largest absolute Gasteiger partial charge is 0.475 e. The Kier molecular flexibility index (Phi) is 13.4. The van der Waals surface area contributed by atoms with Gasteiger partial charge in [-0.25, -0.2) is 4.79 Å². The molecule has 0 aliphatic rings. The van der Waals surface area contributed by atoms with Crippen LogP contribution in [0.1, 0.15) is 97.8 Å². The molecule has 0 saturated carbocycles. The minimum atomic E-state index is -2.01. The van der Waals surface area contributed by atoms with E-state index in [1.807, 2.05) is 0 Å². The van der Waals surface area contributed by atoms with E-state index in [9.17, 15) is 19.2 Å². The van der Waals surface area contributed by atoms with E-state index in [4.69, 9.17) is 5.11 Å². The van der Waals surface area contributed by atoms with Gasteiger partial charge < -0.3 is 5.11 Å². The van der Waals surface area contributed by atoms with Crippen molar-refractivity contribution in [2.45, 2.75) is 97.8 Å². The topological polar surface area (TPSA) is 88.5 Å². The van der Waals surface area contributed by atoms with Crippen molar-refractivity contribution >= 4 is 23.3 Å². The molecule has 0 aromatic carbocycles. The molecule has 0 aliphatic heterocycles. The van der Waals surface area contributed by atoms with E-state index >= 15 is 0 Å². The van der Waals surface area contributed by atoms with Gasteiger partial charge in [0.05, 0.1) is 0 Å². The highest BCUT2D eigenvalue weighted by molar-refractivity contribution is 6.45. The van der Waals surface area contributed by atoms with Crippen molar-refractivity contribution in [3.05, 3.63) is 12.2 Å². The van der Waals surface area contributed by atoms with Crippen molar-refractivity contribution < 1.29 is 24.3 Å². The maximum atomic E-state index is 11.9. The van der Waals surface area contributed by atoms with Crippen molar-refractivity contribution in [1.29, 1.82) is 0 Å². The maximum Gasteiger partial charge on any atom is 0.373 e. The number of carbonyl (C=O) groups is 4. The Bertz CT molecular complexity index is 505. The van der Waals surface area contributed by atoms with Crippen LogP contribution in [0.25, 0.3) is 0 Å². The average Bonchev–Trinajstić information content (AvgIpc) is 2.61. The van der Waals surface area contributed by atoms with Crippen LogP contribution in [0.3, 0.4) is 0 Å². The van der Waals surface area contributed by atoms with Crippen molar-refractivity contribution in [3.8, 4) is 0 Å². The Hall–Kier alpha value is -1.78. The molecule has 0 rings (SSSR count). The monoisotopic (exact) mass is 380 g/mol. The molecule has 0 fully saturated rings. The highest BCUT2D eigenvalue weighted by atomic mass is 16.4. The standard InChI is InChI=1S/C22H36O5/c1-4-5-6-7-8-9-10-11-12-13-14-15-16-17-22(18(2)23,19(3)24)20(25)21(26)27/h11-12H,4-10,13-17H2,1-3H3,(H,26,27)/b12-11-. The van der Waals surface area contributed by atoms with Gasteiger partial charge in [-0.3, -0.25) is 14.4 Å². The number of hydrogen-bond acceptors (Lipinski definition) is 4. The van der Waals surface area contributed by atoms with Gasteiger partial charge in [0.25, 0.3) is 5.78 Å². The number of aliphatic carboxylic acids is 1. The zero-order chi connectivity index (χ0) is 20.7. The fraction of sp³-hybridized carbons (Fsp3) is 0.727. The average molecular weight is 381 g/mol. The summed E-state index contributed by atoms with van der Waals surface area (Å²) < 4.78 is 0. The maximum absolute atomic E-state index is 11.9. The summed E-state index contributed by atoms with van der Waals surface area (Å²) in [7, 11) is 0. The molecule has 0 atom stereocenters. The molecule has 27 heavy (non-hydrogen) atoms. The van der Waals surface area contributed by atoms with E-state index < -0.39 is 28.7 Å². The number of carbonyl (C=O) groups excluding carboxylic acids is 3. The van der Waals surface area contributed by atoms with Gasteiger partial charge in [-0.15, -0.1) is 0 Å². The first-order chi connectivity index (χ1) is 12.8. The summed E-state index contributed by atoms with van der Waals surface area (Å²) in [5.74, 6) is -4.39. The minimum Gasteiger partial charge on any atom is -0.475 e. The van der Waals surface area contributed by atoms with Crippen LogP contribution in [0, 0.1) is 5.41 Å². The lowest BCUT2D eigenvalue weighted by Crippen LogP contribution is -2.47. The van der Waals surface area contributed by atoms with Crippen LogP contribution in [0.2, 0.25) is 0 Å². The number of unbranched alkanes of at least 4 members (excludes halogenated alkanes) is 9. The van der Waals surface area contributed by atoms with Gasteiger partial charge >= 0.3 is 5.97 Å². The second-order valence-electron chi connectivity index (χ2n) is 7.28. The van der Waals surface area contributed by atoms with E-state index in [1.54, 1.807) is 0 Å². The molecule has 154 valence electrons. The first kappa shape index (κ1) is 25.2. The predicted molar refractivity (Wildman–Crippen MR) is 107 cm³/mol. The van der Waals surface area contributed by atoms with Crippen LogP contribution in [0.4, 0.5) is 0 Å². The van der Waals surface area contributed by atoms with Crippen LogP contribution in [-0.4, -0.2) is 28.4 Å². The van der Waals surface area contributed by atoms with Gasteiger partial charge in [0.1, 0.15) is 0 Å². The molecule has 1 N–H and O–H groups in total. The molecule has 5 nitrogen and oxygen atoms in total. The molecule has 0 bridgehead atoms. The summed E-state index contributed by atoms with van der Waals surface area (Å²) in [5, 5.41) is 8.96. The van der Waals surface area contributed by atoms with Crippen LogP contribution in [0.15, 0.2) is 12.2 Å². The van der Waals surface area contributed by atoms with Crippen molar-refractivity contribution in [1.82, 2.24) is 0 Å². The summed E-state index contributed by atoms with van der Waals surface area (Å²) in [5.41, 5.74) is -2.01. The number of carboxylic acid groups (broad SMARTS) is 1. The second kappa shape index (κ2) is 14.3. The van der Waals surface area contributed by atoms with Crippen LogP contribution < -0.4 is 0 Å². The van der Waals surface area contributed by atoms with Gasteiger partial charge in [0, 0.05) is 0 Å². The number of ketones is 3. The number of carboxylic acids is 1. The SMILES string of the molecule is CCCCCCCC/C=C\CCCCCC(C(C)=O)(C(C)=O)C(=O)C(=O)O. The van der Waals surface area contributed by atoms with E-state index in [-0.39, 0.29) is 6.42 Å². The van der Waals surface area contributed by atoms with Gasteiger partial charge in [0.15, 0.2) is 17.0 Å². The van der Waals surface area contributed by atoms with Crippen molar-refractivity contribution in [3.63, 3.8) is 0 Å². The van der Waals surface area contributed by atoms with Gasteiger partial charge in [-0.1, -0.05) is 64.0 Å². The number of Topliss-reactive ketones (excluding diaryl/α,β-unsaturated/α-hetero) is 3. The molecule has 0 spiro atoms. The third-order valence-electron chi connectivity index (χ3n) is 5.10. The summed E-state index contributed by atoms with van der Waals surface area (Å²) in [6.45, 7) is 4.45. The van der Waals surface area contributed by atoms with Gasteiger partial charge in [0.2, 0.25) is 0 Å². The highest BCUT2D eigenvalue weighted by Gasteiger charge is 2.50. The molecule has 0 aromatic rings. The predicted octanol–water partition coefficient (Wildman–Crippen LogP) is 5.06. The molecule has 0 amide bonds. The third kappa shape index (κ3) is 9.12. The first-order valence-corrected chi connectivity index (χ1v) is 10.3. The van der Waals surface area contributed by atoms with E-state index in [2.05, 4.69) is 19.1 Å². The van der Waals surface area contributed by atoms with Crippen molar-refractivity contribution in [2.24, 2.45) is 5.41 Å². The Morgan fingerprint density at radius 2 is 1.19 bits per heavy atom. The van der Waals surface area contributed by atoms with Crippen LogP contribution in [0.5, 0.6) is 0 Å². The summed E-state index contributed by atoms with van der Waals surface area (Å²) in [6, 6.07) is 0. The first-order valence-electron chi connectivity index (χ1n) is 10.3. The quantitative estimate of drug-likeness (QED) is 0.165. The third-order valence-corrected chi connectivity index (χ3v) is 5.10. The molecule has 0 aliphatic carbocycles. The van der Waals surface area contributed by atoms with Crippen LogP contribution >= 0.6 is 0 Å². The van der Waals surface area contributed by atoms with Crippen molar-refractivity contribution in [2.75, 3.05) is 0 Å². The molecule has 5 heteroatoms. The molecule has 0 unspecified atom stereocenters.